The number of methoxy groups -OCH3 is 1. The minimum absolute atomic E-state index is 0.0277. The number of rotatable bonds is 6. The number of allylic oxidation sites excluding steroid dienone is 3. The number of phenols is 1. The summed E-state index contributed by atoms with van der Waals surface area (Å²) in [6.45, 7) is 2.27. The van der Waals surface area contributed by atoms with Crippen molar-refractivity contribution in [2.75, 3.05) is 20.3 Å². The monoisotopic (exact) mass is 439 g/mol. The maximum absolute atomic E-state index is 13.4. The Kier molecular flexibility index (Phi) is 6.25. The number of hydrogen-bond acceptors (Lipinski definition) is 7. The molecule has 1 aliphatic heterocycles. The van der Waals surface area contributed by atoms with Crippen LogP contribution >= 0.6 is 11.3 Å². The van der Waals surface area contributed by atoms with E-state index in [0.717, 1.165) is 11.3 Å². The van der Waals surface area contributed by atoms with Gasteiger partial charge in [0.1, 0.15) is 12.4 Å². The summed E-state index contributed by atoms with van der Waals surface area (Å²) in [4.78, 5) is 27.6. The zero-order valence-electron chi connectivity index (χ0n) is 17.5. The molecule has 0 amide bonds. The number of ether oxygens (including phenoxy) is 2. The predicted molar refractivity (Wildman–Crippen MR) is 118 cm³/mol. The molecule has 7 heteroatoms. The molecule has 2 unspecified atom stereocenters. The number of phenolic OH excluding ortho intramolecular Hbond substituents is 1. The lowest BCUT2D eigenvalue weighted by atomic mass is 9.72. The topological polar surface area (TPSA) is 84.9 Å². The lowest BCUT2D eigenvalue weighted by molar-refractivity contribution is -0.140. The van der Waals surface area contributed by atoms with Crippen LogP contribution in [0.3, 0.4) is 0 Å². The Morgan fingerprint density at radius 2 is 1.97 bits per heavy atom. The predicted octanol–water partition coefficient (Wildman–Crippen LogP) is 4.00. The Labute approximate surface area is 185 Å². The molecule has 4 rings (SSSR count). The molecule has 2 aliphatic rings. The van der Waals surface area contributed by atoms with Crippen LogP contribution in [0.5, 0.6) is 5.75 Å². The van der Waals surface area contributed by atoms with E-state index in [-0.39, 0.29) is 24.1 Å². The van der Waals surface area contributed by atoms with Gasteiger partial charge in [-0.1, -0.05) is 18.2 Å². The molecule has 0 spiro atoms. The first-order valence-electron chi connectivity index (χ1n) is 10.2. The van der Waals surface area contributed by atoms with Crippen molar-refractivity contribution < 1.29 is 24.2 Å². The largest absolute Gasteiger partial charge is 0.508 e. The normalized spacial score (nSPS) is 21.0. The Morgan fingerprint density at radius 3 is 2.65 bits per heavy atom. The number of hydrogen-bond donors (Lipinski definition) is 2. The lowest BCUT2D eigenvalue weighted by Gasteiger charge is -2.36. The van der Waals surface area contributed by atoms with Gasteiger partial charge in [-0.15, -0.1) is 11.3 Å². The van der Waals surface area contributed by atoms with Gasteiger partial charge in [0.25, 0.3) is 0 Å². The molecular formula is C24H25NO5S. The summed E-state index contributed by atoms with van der Waals surface area (Å²) in [5.41, 5.74) is 3.34. The number of Topliss-reactive ketones (excluding diaryl/α,β-unsaturated/α-hetero) is 1. The Hall–Kier alpha value is -2.90. The number of carbonyl (C=O) groups excluding carboxylic acids is 2. The maximum atomic E-state index is 13.4. The van der Waals surface area contributed by atoms with E-state index in [1.165, 1.54) is 4.88 Å². The third-order valence-electron chi connectivity index (χ3n) is 5.74. The van der Waals surface area contributed by atoms with Crippen LogP contribution in [0.2, 0.25) is 0 Å². The molecule has 31 heavy (non-hydrogen) atoms. The van der Waals surface area contributed by atoms with Crippen LogP contribution in [0.25, 0.3) is 0 Å². The molecule has 6 nitrogen and oxygen atoms in total. The third kappa shape index (κ3) is 4.29. The minimum Gasteiger partial charge on any atom is -0.508 e. The lowest BCUT2D eigenvalue weighted by Crippen LogP contribution is -2.36. The first-order chi connectivity index (χ1) is 15.0. The quantitative estimate of drug-likeness (QED) is 0.523. The summed E-state index contributed by atoms with van der Waals surface area (Å²) >= 11 is 1.66. The molecule has 162 valence electrons. The summed E-state index contributed by atoms with van der Waals surface area (Å²) in [5, 5.41) is 15.1. The van der Waals surface area contributed by atoms with Crippen molar-refractivity contribution in [3.05, 3.63) is 74.8 Å². The first-order valence-corrected chi connectivity index (χ1v) is 11.1. The molecule has 2 N–H and O–H groups in total. The van der Waals surface area contributed by atoms with E-state index in [0.29, 0.717) is 36.3 Å². The van der Waals surface area contributed by atoms with Gasteiger partial charge in [0.15, 0.2) is 5.78 Å². The molecular weight excluding hydrogens is 414 g/mol. The molecule has 1 aromatic carbocycles. The van der Waals surface area contributed by atoms with Crippen molar-refractivity contribution in [3.8, 4) is 5.75 Å². The zero-order chi connectivity index (χ0) is 22.0. The number of carbonyl (C=O) groups is 2. The number of benzene rings is 1. The van der Waals surface area contributed by atoms with Gasteiger partial charge in [-0.05, 0) is 42.5 Å². The minimum atomic E-state index is -0.538. The van der Waals surface area contributed by atoms with Crippen LogP contribution in [0.1, 0.15) is 42.0 Å². The highest BCUT2D eigenvalue weighted by Gasteiger charge is 2.41. The summed E-state index contributed by atoms with van der Waals surface area (Å²) in [5.74, 6) is -0.727. The van der Waals surface area contributed by atoms with E-state index in [1.54, 1.807) is 42.7 Å². The van der Waals surface area contributed by atoms with E-state index >= 15 is 0 Å². The number of ketones is 1. The number of thiophene rings is 1. The van der Waals surface area contributed by atoms with Crippen molar-refractivity contribution in [1.82, 2.24) is 5.32 Å². The van der Waals surface area contributed by atoms with E-state index < -0.39 is 11.9 Å². The number of nitrogens with one attached hydrogen (secondary N) is 1. The van der Waals surface area contributed by atoms with Crippen molar-refractivity contribution in [1.29, 1.82) is 0 Å². The number of aromatic hydroxyl groups is 1. The summed E-state index contributed by atoms with van der Waals surface area (Å²) in [6.07, 6.45) is 1.11. The average Bonchev–Trinajstić information content (AvgIpc) is 3.28. The molecule has 0 bridgehead atoms. The summed E-state index contributed by atoms with van der Waals surface area (Å²) < 4.78 is 10.4. The van der Waals surface area contributed by atoms with Crippen LogP contribution in [-0.2, 0) is 19.1 Å². The molecule has 1 aliphatic carbocycles. The highest BCUT2D eigenvalue weighted by atomic mass is 32.1. The van der Waals surface area contributed by atoms with Gasteiger partial charge in [0, 0.05) is 47.2 Å². The average molecular weight is 440 g/mol. The molecule has 2 heterocycles. The van der Waals surface area contributed by atoms with E-state index in [2.05, 4.69) is 11.4 Å². The molecule has 2 atom stereocenters. The molecule has 0 fully saturated rings. The molecule has 1 aromatic heterocycles. The van der Waals surface area contributed by atoms with Gasteiger partial charge in [-0.25, -0.2) is 4.79 Å². The van der Waals surface area contributed by atoms with E-state index in [1.807, 2.05) is 18.4 Å². The van der Waals surface area contributed by atoms with Crippen LogP contribution in [0, 0.1) is 0 Å². The van der Waals surface area contributed by atoms with Crippen molar-refractivity contribution in [2.45, 2.75) is 31.6 Å². The third-order valence-corrected chi connectivity index (χ3v) is 6.77. The summed E-state index contributed by atoms with van der Waals surface area (Å²) in [7, 11) is 1.54. The van der Waals surface area contributed by atoms with E-state index in [9.17, 15) is 14.7 Å². The van der Waals surface area contributed by atoms with Gasteiger partial charge in [-0.3, -0.25) is 4.79 Å². The van der Waals surface area contributed by atoms with Crippen LogP contribution < -0.4 is 5.32 Å². The van der Waals surface area contributed by atoms with Gasteiger partial charge in [0.2, 0.25) is 0 Å². The summed E-state index contributed by atoms with van der Waals surface area (Å²) in [6, 6.07) is 10.7. The SMILES string of the molecule is COCCOC(=O)C1=C(C)NC2=C(C(=O)CC(c3cccs3)C2)C1c1ccc(O)cc1. The Balaban J connectivity index is 1.74. The molecule has 0 saturated heterocycles. The van der Waals surface area contributed by atoms with Crippen molar-refractivity contribution >= 4 is 23.1 Å². The van der Waals surface area contributed by atoms with Gasteiger partial charge in [-0.2, -0.15) is 0 Å². The first kappa shape index (κ1) is 21.3. The number of dihydropyridines is 1. The Morgan fingerprint density at radius 1 is 1.19 bits per heavy atom. The van der Waals surface area contributed by atoms with Crippen molar-refractivity contribution in [2.24, 2.45) is 0 Å². The van der Waals surface area contributed by atoms with Gasteiger partial charge < -0.3 is 19.9 Å². The maximum Gasteiger partial charge on any atom is 0.336 e. The van der Waals surface area contributed by atoms with Gasteiger partial charge >= 0.3 is 5.97 Å². The zero-order valence-corrected chi connectivity index (χ0v) is 18.3. The van der Waals surface area contributed by atoms with Crippen molar-refractivity contribution in [3.63, 3.8) is 0 Å². The number of esters is 1. The van der Waals surface area contributed by atoms with Crippen LogP contribution in [0.15, 0.2) is 64.3 Å². The molecule has 2 aromatic rings. The van der Waals surface area contributed by atoms with Crippen LogP contribution in [-0.4, -0.2) is 37.2 Å². The highest BCUT2D eigenvalue weighted by molar-refractivity contribution is 7.10. The fraction of sp³-hybridized carbons (Fsp3) is 0.333. The molecule has 0 radical (unpaired) electrons. The fourth-order valence-electron chi connectivity index (χ4n) is 4.33. The molecule has 0 saturated carbocycles. The van der Waals surface area contributed by atoms with Crippen LogP contribution in [0.4, 0.5) is 0 Å². The second-order valence-electron chi connectivity index (χ2n) is 7.75. The Bertz CT molecular complexity index is 1040. The second-order valence-corrected chi connectivity index (χ2v) is 8.73. The second kappa shape index (κ2) is 9.08. The highest BCUT2D eigenvalue weighted by Crippen LogP contribution is 2.46. The fourth-order valence-corrected chi connectivity index (χ4v) is 5.16. The smallest absolute Gasteiger partial charge is 0.336 e. The van der Waals surface area contributed by atoms with Gasteiger partial charge in [0.05, 0.1) is 12.2 Å². The van der Waals surface area contributed by atoms with E-state index in [4.69, 9.17) is 9.47 Å². The standard InChI is InChI=1S/C24H25NO5S/c1-14-21(24(28)30-10-9-29-2)22(15-5-7-17(26)8-6-15)23-18(25-14)12-16(13-19(23)27)20-4-3-11-31-20/h3-8,11,16,22,25-26H,9-10,12-13H2,1-2H3.